The fourth-order valence-corrected chi connectivity index (χ4v) is 2.52. The molecule has 0 aliphatic heterocycles. The summed E-state index contributed by atoms with van der Waals surface area (Å²) in [4.78, 5) is 0. The summed E-state index contributed by atoms with van der Waals surface area (Å²) < 4.78 is 0. The van der Waals surface area contributed by atoms with Crippen LogP contribution in [0.2, 0.25) is 0 Å². The van der Waals surface area contributed by atoms with E-state index in [4.69, 9.17) is 5.73 Å². The molecule has 1 aromatic rings. The van der Waals surface area contributed by atoms with Gasteiger partial charge in [-0.05, 0) is 38.3 Å². The van der Waals surface area contributed by atoms with E-state index in [-0.39, 0.29) is 0 Å². The molecule has 0 saturated heterocycles. The van der Waals surface area contributed by atoms with Crippen LogP contribution < -0.4 is 11.1 Å². The van der Waals surface area contributed by atoms with Crippen LogP contribution in [-0.4, -0.2) is 13.1 Å². The molecule has 0 spiro atoms. The fraction of sp³-hybridized carbons (Fsp3) is 0.538. The summed E-state index contributed by atoms with van der Waals surface area (Å²) in [6.07, 6.45) is 2.30. The zero-order chi connectivity index (χ0) is 10.8. The van der Waals surface area contributed by atoms with E-state index in [0.29, 0.717) is 18.0 Å². The van der Waals surface area contributed by atoms with Gasteiger partial charge in [-0.15, -0.1) is 0 Å². The minimum Gasteiger partial charge on any atom is -0.328 e. The summed E-state index contributed by atoms with van der Waals surface area (Å²) >= 11 is 0. The predicted molar refractivity (Wildman–Crippen MR) is 63.7 cm³/mol. The van der Waals surface area contributed by atoms with Crippen molar-refractivity contribution in [2.24, 2.45) is 11.7 Å². The highest BCUT2D eigenvalue weighted by Crippen LogP contribution is 2.36. The van der Waals surface area contributed by atoms with Gasteiger partial charge in [-0.3, -0.25) is 0 Å². The second-order valence-corrected chi connectivity index (χ2v) is 4.67. The number of benzene rings is 1. The van der Waals surface area contributed by atoms with Gasteiger partial charge < -0.3 is 11.1 Å². The zero-order valence-electron chi connectivity index (χ0n) is 9.53. The topological polar surface area (TPSA) is 38.0 Å². The Morgan fingerprint density at radius 3 is 2.67 bits per heavy atom. The average Bonchev–Trinajstić information content (AvgIpc) is 2.16. The minimum atomic E-state index is 0.427. The van der Waals surface area contributed by atoms with Gasteiger partial charge in [0.2, 0.25) is 0 Å². The molecule has 0 radical (unpaired) electrons. The molecular weight excluding hydrogens is 184 g/mol. The third-order valence-electron chi connectivity index (χ3n) is 3.39. The summed E-state index contributed by atoms with van der Waals surface area (Å²) in [5, 5.41) is 3.41. The van der Waals surface area contributed by atoms with E-state index in [9.17, 15) is 0 Å². The molecule has 1 atom stereocenters. The van der Waals surface area contributed by atoms with Crippen molar-refractivity contribution in [1.29, 1.82) is 0 Å². The smallest absolute Gasteiger partial charge is 0.0347 e. The molecule has 1 unspecified atom stereocenters. The Balaban J connectivity index is 2.12. The first kappa shape index (κ1) is 10.7. The molecule has 1 fully saturated rings. The van der Waals surface area contributed by atoms with Gasteiger partial charge in [0.25, 0.3) is 0 Å². The summed E-state index contributed by atoms with van der Waals surface area (Å²) in [6.45, 7) is 2.14. The third-order valence-corrected chi connectivity index (χ3v) is 3.39. The summed E-state index contributed by atoms with van der Waals surface area (Å²) in [5.74, 6) is 0.715. The number of rotatable bonds is 3. The molecule has 2 rings (SSSR count). The van der Waals surface area contributed by atoms with Crippen molar-refractivity contribution in [3.63, 3.8) is 0 Å². The number of nitrogens with one attached hydrogen (secondary N) is 1. The van der Waals surface area contributed by atoms with E-state index in [1.807, 2.05) is 7.05 Å². The third kappa shape index (κ3) is 2.21. The molecule has 0 aromatic heterocycles. The van der Waals surface area contributed by atoms with Gasteiger partial charge in [0.15, 0.2) is 0 Å². The highest BCUT2D eigenvalue weighted by molar-refractivity contribution is 5.26. The lowest BCUT2D eigenvalue weighted by atomic mass is 9.74. The van der Waals surface area contributed by atoms with Crippen LogP contribution in [0.5, 0.6) is 0 Å². The maximum Gasteiger partial charge on any atom is 0.0347 e. The molecule has 3 N–H and O–H groups in total. The Hall–Kier alpha value is -0.860. The normalized spacial score (nSPS) is 27.1. The van der Waals surface area contributed by atoms with Crippen molar-refractivity contribution in [2.75, 3.05) is 7.05 Å². The molecule has 1 saturated carbocycles. The second kappa shape index (κ2) is 4.33. The predicted octanol–water partition coefficient (Wildman–Crippen LogP) is 1.99. The van der Waals surface area contributed by atoms with E-state index >= 15 is 0 Å². The first-order chi connectivity index (χ1) is 7.20. The van der Waals surface area contributed by atoms with E-state index in [1.54, 1.807) is 0 Å². The zero-order valence-corrected chi connectivity index (χ0v) is 9.53. The van der Waals surface area contributed by atoms with Crippen molar-refractivity contribution >= 4 is 0 Å². The molecule has 1 aliphatic carbocycles. The van der Waals surface area contributed by atoms with Crippen molar-refractivity contribution in [3.8, 4) is 0 Å². The van der Waals surface area contributed by atoms with Crippen LogP contribution in [0.4, 0.5) is 0 Å². The average molecular weight is 204 g/mol. The van der Waals surface area contributed by atoms with E-state index < -0.39 is 0 Å². The first-order valence-corrected chi connectivity index (χ1v) is 5.70. The molecule has 1 aromatic carbocycles. The number of hydrogen-bond donors (Lipinski definition) is 2. The fourth-order valence-electron chi connectivity index (χ4n) is 2.52. The van der Waals surface area contributed by atoms with Gasteiger partial charge in [0, 0.05) is 12.1 Å². The molecule has 2 heteroatoms. The first-order valence-electron chi connectivity index (χ1n) is 5.70. The van der Waals surface area contributed by atoms with E-state index in [1.165, 1.54) is 11.1 Å². The van der Waals surface area contributed by atoms with Crippen LogP contribution in [0, 0.1) is 12.8 Å². The summed E-state index contributed by atoms with van der Waals surface area (Å²) in [7, 11) is 2.04. The molecule has 1 aliphatic rings. The number of aryl methyl sites for hydroxylation is 1. The molecule has 0 bridgehead atoms. The van der Waals surface area contributed by atoms with Crippen LogP contribution in [0.3, 0.4) is 0 Å². The van der Waals surface area contributed by atoms with Gasteiger partial charge >= 0.3 is 0 Å². The Kier molecular flexibility index (Phi) is 3.08. The van der Waals surface area contributed by atoms with Crippen LogP contribution in [0.15, 0.2) is 24.3 Å². The minimum absolute atomic E-state index is 0.427. The molecule has 2 nitrogen and oxygen atoms in total. The molecule has 15 heavy (non-hydrogen) atoms. The van der Waals surface area contributed by atoms with E-state index in [2.05, 4.69) is 36.5 Å². The largest absolute Gasteiger partial charge is 0.328 e. The highest BCUT2D eigenvalue weighted by atomic mass is 14.9. The van der Waals surface area contributed by atoms with Gasteiger partial charge in [0.05, 0.1) is 0 Å². The Morgan fingerprint density at radius 2 is 2.13 bits per heavy atom. The van der Waals surface area contributed by atoms with Crippen LogP contribution in [0.1, 0.15) is 30.0 Å². The maximum absolute atomic E-state index is 5.84. The Morgan fingerprint density at radius 1 is 1.40 bits per heavy atom. The van der Waals surface area contributed by atoms with Crippen molar-refractivity contribution in [1.82, 2.24) is 5.32 Å². The lowest BCUT2D eigenvalue weighted by Gasteiger charge is -2.38. The summed E-state index contributed by atoms with van der Waals surface area (Å²) in [5.41, 5.74) is 8.57. The van der Waals surface area contributed by atoms with Crippen molar-refractivity contribution in [3.05, 3.63) is 35.4 Å². The summed E-state index contributed by atoms with van der Waals surface area (Å²) in [6, 6.07) is 9.65. The number of nitrogens with two attached hydrogens (primary N) is 1. The molecule has 0 amide bonds. The lowest BCUT2D eigenvalue weighted by Crippen LogP contribution is -2.42. The Bertz CT molecular complexity index is 329. The SMILES string of the molecule is CNC(c1cccc(C)c1)C1CC(N)C1. The lowest BCUT2D eigenvalue weighted by molar-refractivity contribution is 0.204. The molecular formula is C13H20N2. The van der Waals surface area contributed by atoms with Gasteiger partial charge in [-0.2, -0.15) is 0 Å². The van der Waals surface area contributed by atoms with Crippen molar-refractivity contribution in [2.45, 2.75) is 31.8 Å². The van der Waals surface area contributed by atoms with Crippen LogP contribution in [-0.2, 0) is 0 Å². The highest BCUT2D eigenvalue weighted by Gasteiger charge is 2.32. The standard InChI is InChI=1S/C13H20N2/c1-9-4-3-5-10(6-9)13(15-2)11-7-12(14)8-11/h3-6,11-13,15H,7-8,14H2,1-2H3. The molecule has 82 valence electrons. The van der Waals surface area contributed by atoms with Gasteiger partial charge in [0.1, 0.15) is 0 Å². The monoisotopic (exact) mass is 204 g/mol. The van der Waals surface area contributed by atoms with Gasteiger partial charge in [-0.25, -0.2) is 0 Å². The Labute approximate surface area is 91.9 Å². The van der Waals surface area contributed by atoms with Crippen molar-refractivity contribution < 1.29 is 0 Å². The maximum atomic E-state index is 5.84. The van der Waals surface area contributed by atoms with Crippen LogP contribution >= 0.6 is 0 Å². The number of hydrogen-bond acceptors (Lipinski definition) is 2. The van der Waals surface area contributed by atoms with E-state index in [0.717, 1.165) is 12.8 Å². The quantitative estimate of drug-likeness (QED) is 0.790. The van der Waals surface area contributed by atoms with Crippen LogP contribution in [0.25, 0.3) is 0 Å². The van der Waals surface area contributed by atoms with Gasteiger partial charge in [-0.1, -0.05) is 29.8 Å². The second-order valence-electron chi connectivity index (χ2n) is 4.67. The molecule has 0 heterocycles.